The molecule has 0 aromatic heterocycles. The Kier molecular flexibility index (Phi) is 69.6. The summed E-state index contributed by atoms with van der Waals surface area (Å²) in [6, 6.07) is 0. The average Bonchev–Trinajstić information content (AvgIpc) is 1.11. The van der Waals surface area contributed by atoms with Gasteiger partial charge in [0, 0.05) is 25.7 Å². The molecule has 0 fully saturated rings. The number of hydrogen-bond acceptors (Lipinski definition) is 15. The molecule has 0 saturated carbocycles. The second-order valence-corrected chi connectivity index (χ2v) is 31.5. The fourth-order valence-corrected chi connectivity index (χ4v) is 13.6. The Morgan fingerprint density at radius 1 is 0.278 bits per heavy atom. The highest BCUT2D eigenvalue weighted by Gasteiger charge is 2.30. The molecule has 0 aliphatic carbocycles. The van der Waals surface area contributed by atoms with Gasteiger partial charge in [-0.2, -0.15) is 0 Å². The van der Waals surface area contributed by atoms with Gasteiger partial charge < -0.3 is 33.8 Å². The molecule has 0 aliphatic rings. The van der Waals surface area contributed by atoms with Crippen molar-refractivity contribution in [3.05, 3.63) is 0 Å². The van der Waals surface area contributed by atoms with E-state index < -0.39 is 97.5 Å². The van der Waals surface area contributed by atoms with Crippen molar-refractivity contribution in [3.8, 4) is 0 Å². The molecule has 97 heavy (non-hydrogen) atoms. The third-order valence-corrected chi connectivity index (χ3v) is 20.2. The molecule has 0 spiro atoms. The van der Waals surface area contributed by atoms with E-state index in [9.17, 15) is 43.2 Å². The molecule has 2 unspecified atom stereocenters. The van der Waals surface area contributed by atoms with Crippen LogP contribution < -0.4 is 0 Å². The summed E-state index contributed by atoms with van der Waals surface area (Å²) in [6.45, 7) is 7.29. The maximum Gasteiger partial charge on any atom is 0.472 e. The summed E-state index contributed by atoms with van der Waals surface area (Å²) in [5, 5.41) is 10.6. The molecular formula is C78H152O17P2. The van der Waals surface area contributed by atoms with Gasteiger partial charge in [0.1, 0.15) is 19.3 Å². The summed E-state index contributed by atoms with van der Waals surface area (Å²) in [6.07, 6.45) is 60.9. The van der Waals surface area contributed by atoms with Gasteiger partial charge in [0.15, 0.2) is 12.2 Å². The van der Waals surface area contributed by atoms with Crippen LogP contribution in [0.25, 0.3) is 0 Å². The molecule has 17 nitrogen and oxygen atoms in total. The Bertz CT molecular complexity index is 1860. The third kappa shape index (κ3) is 72.2. The van der Waals surface area contributed by atoms with E-state index in [-0.39, 0.29) is 25.7 Å². The van der Waals surface area contributed by atoms with Crippen LogP contribution in [0.2, 0.25) is 0 Å². The third-order valence-electron chi connectivity index (χ3n) is 18.3. The van der Waals surface area contributed by atoms with Crippen molar-refractivity contribution in [1.29, 1.82) is 0 Å². The number of phosphoric ester groups is 2. The Balaban J connectivity index is 5.25. The number of rotatable bonds is 78. The van der Waals surface area contributed by atoms with Crippen LogP contribution in [0, 0.1) is 5.92 Å². The Morgan fingerprint density at radius 2 is 0.474 bits per heavy atom. The van der Waals surface area contributed by atoms with Crippen LogP contribution in [0.3, 0.4) is 0 Å². The largest absolute Gasteiger partial charge is 0.472 e. The molecule has 0 radical (unpaired) electrons. The fraction of sp³-hybridized carbons (Fsp3) is 0.949. The van der Waals surface area contributed by atoms with Crippen molar-refractivity contribution in [2.45, 2.75) is 432 Å². The summed E-state index contributed by atoms with van der Waals surface area (Å²) < 4.78 is 68.6. The van der Waals surface area contributed by atoms with Crippen LogP contribution in [0.15, 0.2) is 0 Å². The lowest BCUT2D eigenvalue weighted by molar-refractivity contribution is -0.161. The molecule has 0 heterocycles. The van der Waals surface area contributed by atoms with Crippen molar-refractivity contribution in [2.75, 3.05) is 39.6 Å². The first kappa shape index (κ1) is 95.1. The summed E-state index contributed by atoms with van der Waals surface area (Å²) in [5.41, 5.74) is 0. The normalized spacial score (nSPS) is 13.9. The van der Waals surface area contributed by atoms with Crippen LogP contribution in [0.1, 0.15) is 413 Å². The van der Waals surface area contributed by atoms with Crippen LogP contribution in [0.5, 0.6) is 0 Å². The minimum Gasteiger partial charge on any atom is -0.462 e. The lowest BCUT2D eigenvalue weighted by atomic mass is 10.0. The highest BCUT2D eigenvalue weighted by Crippen LogP contribution is 2.45. The first-order chi connectivity index (χ1) is 47.0. The van der Waals surface area contributed by atoms with E-state index in [0.717, 1.165) is 95.8 Å². The van der Waals surface area contributed by atoms with Gasteiger partial charge >= 0.3 is 39.5 Å². The zero-order valence-corrected chi connectivity index (χ0v) is 65.0. The Morgan fingerprint density at radius 3 is 0.701 bits per heavy atom. The van der Waals surface area contributed by atoms with Gasteiger partial charge in [-0.3, -0.25) is 37.3 Å². The number of esters is 4. The van der Waals surface area contributed by atoms with E-state index in [1.54, 1.807) is 0 Å². The number of carbonyl (C=O) groups is 4. The van der Waals surface area contributed by atoms with Gasteiger partial charge in [-0.1, -0.05) is 362 Å². The van der Waals surface area contributed by atoms with Gasteiger partial charge in [0.05, 0.1) is 26.4 Å². The lowest BCUT2D eigenvalue weighted by Gasteiger charge is -2.21. The van der Waals surface area contributed by atoms with Crippen LogP contribution >= 0.6 is 15.6 Å². The molecule has 3 N–H and O–H groups in total. The van der Waals surface area contributed by atoms with Gasteiger partial charge in [-0.05, 0) is 31.6 Å². The number of aliphatic hydroxyl groups excluding tert-OH is 1. The van der Waals surface area contributed by atoms with Crippen molar-refractivity contribution in [1.82, 2.24) is 0 Å². The van der Waals surface area contributed by atoms with Crippen molar-refractivity contribution in [3.63, 3.8) is 0 Å². The van der Waals surface area contributed by atoms with Gasteiger partial charge in [0.2, 0.25) is 0 Å². The standard InChI is InChI=1S/C78H152O17P2/c1-6-9-12-15-18-21-24-27-30-32-35-37-40-46-51-56-61-75(80)88-67-73(94-78(83)64-59-54-49-42-39-36-33-31-28-25-22-19-16-13-10-7-2)69-92-96(84,85)90-65-72(79)66-91-97(86,87)93-70-74(68-89-76(81)62-57-52-47-44-43-45-50-55-60-71(4)5)95-77(82)63-58-53-48-41-38-34-29-26-23-20-17-14-11-8-3/h71-74,79H,6-70H2,1-5H3,(H,84,85)(H,86,87)/t72-,73-,74-/m1/s1. The molecule has 576 valence electrons. The zero-order valence-electron chi connectivity index (χ0n) is 63.2. The molecule has 0 bridgehead atoms. The van der Waals surface area contributed by atoms with E-state index >= 15 is 0 Å². The van der Waals surface area contributed by atoms with Gasteiger partial charge in [-0.25, -0.2) is 9.13 Å². The summed E-state index contributed by atoms with van der Waals surface area (Å²) in [4.78, 5) is 72.9. The Hall–Kier alpha value is -1.94. The van der Waals surface area contributed by atoms with Crippen LogP contribution in [-0.2, 0) is 65.4 Å². The quantitative estimate of drug-likeness (QED) is 0.0222. The fourth-order valence-electron chi connectivity index (χ4n) is 12.1. The number of carbonyl (C=O) groups excluding carboxylic acids is 4. The Labute approximate surface area is 594 Å². The summed E-state index contributed by atoms with van der Waals surface area (Å²) >= 11 is 0. The maximum atomic E-state index is 13.1. The predicted molar refractivity (Wildman–Crippen MR) is 395 cm³/mol. The average molecular weight is 1420 g/mol. The SMILES string of the molecule is CCCCCCCCCCCCCCCCCCC(=O)OC[C@H](COP(=O)(O)OC[C@@H](O)COP(=O)(O)OC[C@@H](COC(=O)CCCCCCCCCCC(C)C)OC(=O)CCCCCCCCCCCCCCCC)OC(=O)CCCCCCCCCCCCCCCCCC. The molecule has 0 rings (SSSR count). The van der Waals surface area contributed by atoms with Crippen LogP contribution in [-0.4, -0.2) is 96.7 Å². The summed E-state index contributed by atoms with van der Waals surface area (Å²) in [5.74, 6) is -1.38. The van der Waals surface area contributed by atoms with Gasteiger partial charge in [-0.15, -0.1) is 0 Å². The predicted octanol–water partition coefficient (Wildman–Crippen LogP) is 23.3. The monoisotopic (exact) mass is 1420 g/mol. The number of ether oxygens (including phenoxy) is 4. The highest BCUT2D eigenvalue weighted by atomic mass is 31.2. The smallest absolute Gasteiger partial charge is 0.462 e. The van der Waals surface area contributed by atoms with E-state index in [2.05, 4.69) is 34.6 Å². The summed E-state index contributed by atoms with van der Waals surface area (Å²) in [7, 11) is -9.91. The highest BCUT2D eigenvalue weighted by molar-refractivity contribution is 7.47. The maximum absolute atomic E-state index is 13.1. The molecule has 0 saturated heterocycles. The molecule has 19 heteroatoms. The van der Waals surface area contributed by atoms with E-state index in [4.69, 9.17) is 37.0 Å². The van der Waals surface area contributed by atoms with Crippen molar-refractivity contribution >= 4 is 39.5 Å². The number of aliphatic hydroxyl groups is 1. The zero-order chi connectivity index (χ0) is 71.2. The molecule has 0 amide bonds. The molecule has 0 aliphatic heterocycles. The second-order valence-electron chi connectivity index (χ2n) is 28.6. The first-order valence-electron chi connectivity index (χ1n) is 40.6. The van der Waals surface area contributed by atoms with E-state index in [1.807, 2.05) is 0 Å². The number of hydrogen-bond donors (Lipinski definition) is 3. The topological polar surface area (TPSA) is 237 Å². The van der Waals surface area contributed by atoms with E-state index in [1.165, 1.54) is 238 Å². The molecule has 0 aromatic carbocycles. The molecule has 0 aromatic rings. The lowest BCUT2D eigenvalue weighted by Crippen LogP contribution is -2.30. The van der Waals surface area contributed by atoms with Crippen LogP contribution in [0.4, 0.5) is 0 Å². The van der Waals surface area contributed by atoms with Crippen molar-refractivity contribution in [2.24, 2.45) is 5.92 Å². The minimum absolute atomic E-state index is 0.108. The molecule has 5 atom stereocenters. The van der Waals surface area contributed by atoms with Gasteiger partial charge in [0.25, 0.3) is 0 Å². The molecular weight excluding hydrogens is 1270 g/mol. The first-order valence-corrected chi connectivity index (χ1v) is 43.6. The number of unbranched alkanes of at least 4 members (excludes halogenated alkanes) is 50. The minimum atomic E-state index is -4.96. The van der Waals surface area contributed by atoms with Crippen molar-refractivity contribution < 1.29 is 80.2 Å². The second kappa shape index (κ2) is 71.1. The van der Waals surface area contributed by atoms with E-state index in [0.29, 0.717) is 25.7 Å². The number of phosphoric acid groups is 2.